The molecule has 1 atom stereocenters. The number of ether oxygens (including phenoxy) is 2. The number of aryl methyl sites for hydroxylation is 1. The summed E-state index contributed by atoms with van der Waals surface area (Å²) in [6, 6.07) is 13.7. The highest BCUT2D eigenvalue weighted by molar-refractivity contribution is 5.97. The average molecular weight is 282 g/mol. The number of hydrogen-bond acceptors (Lipinski definition) is 3. The number of hydrogen-bond donors (Lipinski definition) is 0. The molecule has 0 aromatic heterocycles. The van der Waals surface area contributed by atoms with Gasteiger partial charge in [0.1, 0.15) is 11.5 Å². The Hall–Kier alpha value is -2.29. The molecule has 0 spiro atoms. The molecule has 0 amide bonds. The Labute approximate surface area is 124 Å². The molecular formula is C18H18O3. The van der Waals surface area contributed by atoms with Gasteiger partial charge < -0.3 is 9.47 Å². The molecule has 108 valence electrons. The maximum atomic E-state index is 11.7. The SMILES string of the molecule is CC(=O)c1cc(C)ccc1OCC1COc2ccccc21. The van der Waals surface area contributed by atoms with E-state index in [9.17, 15) is 4.79 Å². The van der Waals surface area contributed by atoms with Crippen LogP contribution in [0.25, 0.3) is 0 Å². The Kier molecular flexibility index (Phi) is 3.65. The normalized spacial score (nSPS) is 16.2. The van der Waals surface area contributed by atoms with Crippen LogP contribution in [-0.4, -0.2) is 19.0 Å². The van der Waals surface area contributed by atoms with Gasteiger partial charge in [-0.25, -0.2) is 0 Å². The lowest BCUT2D eigenvalue weighted by Crippen LogP contribution is -2.13. The van der Waals surface area contributed by atoms with Crippen molar-refractivity contribution in [2.75, 3.05) is 13.2 Å². The Bertz CT molecular complexity index is 676. The van der Waals surface area contributed by atoms with Crippen molar-refractivity contribution >= 4 is 5.78 Å². The van der Waals surface area contributed by atoms with Crippen molar-refractivity contribution < 1.29 is 14.3 Å². The summed E-state index contributed by atoms with van der Waals surface area (Å²) in [6.07, 6.45) is 0. The first kappa shape index (κ1) is 13.7. The van der Waals surface area contributed by atoms with Gasteiger partial charge in [0.25, 0.3) is 0 Å². The van der Waals surface area contributed by atoms with E-state index in [1.165, 1.54) is 5.56 Å². The van der Waals surface area contributed by atoms with Crippen LogP contribution in [-0.2, 0) is 0 Å². The fourth-order valence-corrected chi connectivity index (χ4v) is 2.60. The summed E-state index contributed by atoms with van der Waals surface area (Å²) in [7, 11) is 0. The molecule has 0 aliphatic carbocycles. The minimum atomic E-state index is 0.0248. The maximum absolute atomic E-state index is 11.7. The van der Waals surface area contributed by atoms with Crippen molar-refractivity contribution in [1.29, 1.82) is 0 Å². The standard InChI is InChI=1S/C18H18O3/c1-12-7-8-18(16(9-12)13(2)19)21-11-14-10-20-17-6-4-3-5-15(14)17/h3-9,14H,10-11H2,1-2H3. The van der Waals surface area contributed by atoms with Gasteiger partial charge in [0.15, 0.2) is 5.78 Å². The summed E-state index contributed by atoms with van der Waals surface area (Å²) in [5.41, 5.74) is 2.87. The lowest BCUT2D eigenvalue weighted by atomic mass is 10.0. The molecule has 0 N–H and O–H groups in total. The quantitative estimate of drug-likeness (QED) is 0.801. The molecule has 2 aromatic rings. The van der Waals surface area contributed by atoms with Crippen LogP contribution in [0, 0.1) is 6.92 Å². The van der Waals surface area contributed by atoms with Gasteiger partial charge in [0.05, 0.1) is 24.7 Å². The summed E-state index contributed by atoms with van der Waals surface area (Å²) < 4.78 is 11.5. The molecule has 1 aliphatic rings. The van der Waals surface area contributed by atoms with Gasteiger partial charge in [-0.2, -0.15) is 0 Å². The highest BCUT2D eigenvalue weighted by Gasteiger charge is 2.24. The molecule has 1 heterocycles. The van der Waals surface area contributed by atoms with Crippen LogP contribution in [0.3, 0.4) is 0 Å². The van der Waals surface area contributed by atoms with Crippen LogP contribution < -0.4 is 9.47 Å². The van der Waals surface area contributed by atoms with Gasteiger partial charge in [0, 0.05) is 5.56 Å². The second kappa shape index (κ2) is 5.60. The summed E-state index contributed by atoms with van der Waals surface area (Å²) in [4.78, 5) is 11.7. The van der Waals surface area contributed by atoms with E-state index in [0.29, 0.717) is 24.5 Å². The van der Waals surface area contributed by atoms with Crippen molar-refractivity contribution in [2.24, 2.45) is 0 Å². The first-order valence-corrected chi connectivity index (χ1v) is 7.11. The lowest BCUT2D eigenvalue weighted by Gasteiger charge is -2.14. The van der Waals surface area contributed by atoms with Crippen LogP contribution in [0.5, 0.6) is 11.5 Å². The molecule has 21 heavy (non-hydrogen) atoms. The van der Waals surface area contributed by atoms with Gasteiger partial charge >= 0.3 is 0 Å². The van der Waals surface area contributed by atoms with Crippen molar-refractivity contribution in [1.82, 2.24) is 0 Å². The van der Waals surface area contributed by atoms with Gasteiger partial charge in [-0.3, -0.25) is 4.79 Å². The van der Waals surface area contributed by atoms with Crippen LogP contribution >= 0.6 is 0 Å². The minimum absolute atomic E-state index is 0.0248. The van der Waals surface area contributed by atoms with E-state index in [4.69, 9.17) is 9.47 Å². The Morgan fingerprint density at radius 3 is 2.90 bits per heavy atom. The van der Waals surface area contributed by atoms with Crippen LogP contribution in [0.2, 0.25) is 0 Å². The molecule has 2 aromatic carbocycles. The zero-order chi connectivity index (χ0) is 14.8. The second-order valence-corrected chi connectivity index (χ2v) is 5.41. The number of rotatable bonds is 4. The predicted molar refractivity (Wildman–Crippen MR) is 81.4 cm³/mol. The van der Waals surface area contributed by atoms with E-state index >= 15 is 0 Å². The van der Waals surface area contributed by atoms with Crippen LogP contribution in [0.4, 0.5) is 0 Å². The number of fused-ring (bicyclic) bond motifs is 1. The summed E-state index contributed by atoms with van der Waals surface area (Å²) >= 11 is 0. The average Bonchev–Trinajstić information content (AvgIpc) is 2.89. The second-order valence-electron chi connectivity index (χ2n) is 5.41. The third kappa shape index (κ3) is 2.77. The van der Waals surface area contributed by atoms with Crippen LogP contribution in [0.1, 0.15) is 34.3 Å². The molecule has 0 saturated carbocycles. The van der Waals surface area contributed by atoms with Crippen molar-refractivity contribution in [3.05, 3.63) is 59.2 Å². The molecule has 0 saturated heterocycles. The lowest BCUT2D eigenvalue weighted by molar-refractivity contribution is 0.101. The summed E-state index contributed by atoms with van der Waals surface area (Å²) in [5, 5.41) is 0. The maximum Gasteiger partial charge on any atom is 0.163 e. The molecule has 1 unspecified atom stereocenters. The van der Waals surface area contributed by atoms with Gasteiger partial charge in [-0.1, -0.05) is 29.8 Å². The number of para-hydroxylation sites is 1. The molecular weight excluding hydrogens is 264 g/mol. The highest BCUT2D eigenvalue weighted by atomic mass is 16.5. The zero-order valence-electron chi connectivity index (χ0n) is 12.3. The summed E-state index contributed by atoms with van der Waals surface area (Å²) in [5.74, 6) is 1.82. The van der Waals surface area contributed by atoms with Gasteiger partial charge in [0.2, 0.25) is 0 Å². The fraction of sp³-hybridized carbons (Fsp3) is 0.278. The number of ketones is 1. The van der Waals surface area contributed by atoms with Crippen molar-refractivity contribution in [3.8, 4) is 11.5 Å². The van der Waals surface area contributed by atoms with E-state index < -0.39 is 0 Å². The summed E-state index contributed by atoms with van der Waals surface area (Å²) in [6.45, 7) is 4.67. The Morgan fingerprint density at radius 2 is 2.10 bits per heavy atom. The van der Waals surface area contributed by atoms with Gasteiger partial charge in [-0.15, -0.1) is 0 Å². The number of carbonyl (C=O) groups is 1. The Balaban J connectivity index is 1.76. The topological polar surface area (TPSA) is 35.5 Å². The largest absolute Gasteiger partial charge is 0.493 e. The van der Waals surface area contributed by atoms with E-state index in [2.05, 4.69) is 6.07 Å². The molecule has 3 heteroatoms. The molecule has 3 rings (SSSR count). The van der Waals surface area contributed by atoms with Gasteiger partial charge in [-0.05, 0) is 32.0 Å². The Morgan fingerprint density at radius 1 is 1.29 bits per heavy atom. The van der Waals surface area contributed by atoms with E-state index in [1.54, 1.807) is 6.92 Å². The van der Waals surface area contributed by atoms with Crippen molar-refractivity contribution in [2.45, 2.75) is 19.8 Å². The zero-order valence-corrected chi connectivity index (χ0v) is 12.3. The molecule has 0 bridgehead atoms. The predicted octanol–water partition coefficient (Wildman–Crippen LogP) is 3.75. The number of benzene rings is 2. The first-order chi connectivity index (χ1) is 10.1. The molecule has 1 aliphatic heterocycles. The molecule has 0 radical (unpaired) electrons. The van der Waals surface area contributed by atoms with E-state index in [0.717, 1.165) is 11.3 Å². The third-order valence-electron chi connectivity index (χ3n) is 3.75. The molecule has 3 nitrogen and oxygen atoms in total. The van der Waals surface area contributed by atoms with Crippen molar-refractivity contribution in [3.63, 3.8) is 0 Å². The first-order valence-electron chi connectivity index (χ1n) is 7.11. The molecule has 0 fully saturated rings. The number of carbonyl (C=O) groups excluding carboxylic acids is 1. The van der Waals surface area contributed by atoms with E-state index in [1.807, 2.05) is 43.3 Å². The third-order valence-corrected chi connectivity index (χ3v) is 3.75. The minimum Gasteiger partial charge on any atom is -0.493 e. The smallest absolute Gasteiger partial charge is 0.163 e. The monoisotopic (exact) mass is 282 g/mol. The van der Waals surface area contributed by atoms with Crippen LogP contribution in [0.15, 0.2) is 42.5 Å². The number of Topliss-reactive ketones (excluding diaryl/α,β-unsaturated/α-hetero) is 1. The fourth-order valence-electron chi connectivity index (χ4n) is 2.60. The highest BCUT2D eigenvalue weighted by Crippen LogP contribution is 2.34. The van der Waals surface area contributed by atoms with E-state index in [-0.39, 0.29) is 11.7 Å².